The summed E-state index contributed by atoms with van der Waals surface area (Å²) in [6.07, 6.45) is 4.64. The molecule has 108 valence electrons. The Morgan fingerprint density at radius 3 is 2.75 bits per heavy atom. The summed E-state index contributed by atoms with van der Waals surface area (Å²) in [5, 5.41) is 11.3. The molecule has 0 spiro atoms. The summed E-state index contributed by atoms with van der Waals surface area (Å²) >= 11 is 0. The molecular weight excluding hydrogens is 260 g/mol. The number of carboxylic acids is 1. The van der Waals surface area contributed by atoms with Gasteiger partial charge in [-0.2, -0.15) is 0 Å². The van der Waals surface area contributed by atoms with Gasteiger partial charge in [-0.15, -0.1) is 0 Å². The van der Waals surface area contributed by atoms with Crippen LogP contribution in [0.25, 0.3) is 6.08 Å². The number of nitrogens with one attached hydrogen (secondary N) is 1. The van der Waals surface area contributed by atoms with E-state index in [4.69, 9.17) is 9.84 Å². The lowest BCUT2D eigenvalue weighted by atomic mass is 10.2. The first-order valence-corrected chi connectivity index (χ1v) is 6.23. The van der Waals surface area contributed by atoms with Crippen LogP contribution in [0.4, 0.5) is 0 Å². The highest BCUT2D eigenvalue weighted by atomic mass is 16.5. The zero-order valence-corrected chi connectivity index (χ0v) is 11.5. The number of carbonyl (C=O) groups excluding carboxylic acids is 1. The summed E-state index contributed by atoms with van der Waals surface area (Å²) in [5.74, 6) is -1.31. The number of carbonyl (C=O) groups is 2. The van der Waals surface area contributed by atoms with E-state index in [2.05, 4.69) is 10.3 Å². The maximum Gasteiger partial charge on any atom is 0.328 e. The van der Waals surface area contributed by atoms with Gasteiger partial charge in [0.2, 0.25) is 0 Å². The van der Waals surface area contributed by atoms with Gasteiger partial charge in [0.05, 0.1) is 12.6 Å². The van der Waals surface area contributed by atoms with E-state index < -0.39 is 5.97 Å². The highest BCUT2D eigenvalue weighted by Crippen LogP contribution is 2.03. The third kappa shape index (κ3) is 5.19. The molecule has 1 heterocycles. The van der Waals surface area contributed by atoms with E-state index in [1.807, 2.05) is 6.92 Å². The fraction of sp³-hybridized carbons (Fsp3) is 0.357. The lowest BCUT2D eigenvalue weighted by Gasteiger charge is -2.15. The average Bonchev–Trinajstić information content (AvgIpc) is 2.45. The Hall–Kier alpha value is -2.21. The van der Waals surface area contributed by atoms with Gasteiger partial charge < -0.3 is 15.2 Å². The van der Waals surface area contributed by atoms with Crippen molar-refractivity contribution in [1.82, 2.24) is 10.3 Å². The van der Waals surface area contributed by atoms with Gasteiger partial charge >= 0.3 is 5.97 Å². The van der Waals surface area contributed by atoms with E-state index in [1.165, 1.54) is 12.3 Å². The first-order chi connectivity index (χ1) is 9.56. The fourth-order valence-corrected chi connectivity index (χ4v) is 1.53. The maximum absolute atomic E-state index is 11.9. The Morgan fingerprint density at radius 1 is 1.50 bits per heavy atom. The van der Waals surface area contributed by atoms with Crippen molar-refractivity contribution < 1.29 is 19.4 Å². The van der Waals surface area contributed by atoms with E-state index >= 15 is 0 Å². The van der Waals surface area contributed by atoms with Gasteiger partial charge in [-0.1, -0.05) is 13.0 Å². The van der Waals surface area contributed by atoms with E-state index in [0.717, 1.165) is 12.5 Å². The van der Waals surface area contributed by atoms with Gasteiger partial charge in [0, 0.05) is 19.4 Å². The minimum atomic E-state index is -1.03. The number of pyridine rings is 1. The van der Waals surface area contributed by atoms with Gasteiger partial charge in [0.15, 0.2) is 0 Å². The van der Waals surface area contributed by atoms with Crippen molar-refractivity contribution in [2.45, 2.75) is 19.4 Å². The van der Waals surface area contributed by atoms with Crippen LogP contribution in [0.5, 0.6) is 0 Å². The fourth-order valence-electron chi connectivity index (χ4n) is 1.53. The summed E-state index contributed by atoms with van der Waals surface area (Å²) in [6.45, 7) is 2.40. The van der Waals surface area contributed by atoms with Crippen LogP contribution in [0, 0.1) is 0 Å². The zero-order valence-electron chi connectivity index (χ0n) is 11.5. The van der Waals surface area contributed by atoms with Crippen molar-refractivity contribution in [2.24, 2.45) is 0 Å². The first kappa shape index (κ1) is 15.8. The number of aromatic nitrogens is 1. The molecule has 0 aliphatic rings. The second-order valence-electron chi connectivity index (χ2n) is 4.18. The Balaban J connectivity index is 2.68. The number of methoxy groups -OCH3 is 1. The van der Waals surface area contributed by atoms with Crippen molar-refractivity contribution in [3.05, 3.63) is 35.7 Å². The summed E-state index contributed by atoms with van der Waals surface area (Å²) in [7, 11) is 1.58. The van der Waals surface area contributed by atoms with Gasteiger partial charge in [-0.05, 0) is 24.1 Å². The van der Waals surface area contributed by atoms with Crippen LogP contribution in [-0.4, -0.2) is 41.7 Å². The van der Waals surface area contributed by atoms with Crippen molar-refractivity contribution >= 4 is 18.0 Å². The second-order valence-corrected chi connectivity index (χ2v) is 4.18. The molecule has 2 N–H and O–H groups in total. The Morgan fingerprint density at radius 2 is 2.25 bits per heavy atom. The Labute approximate surface area is 117 Å². The van der Waals surface area contributed by atoms with Crippen molar-refractivity contribution in [3.8, 4) is 0 Å². The summed E-state index contributed by atoms with van der Waals surface area (Å²) in [5.41, 5.74) is 0.903. The molecule has 0 bridgehead atoms. The molecule has 1 unspecified atom stereocenters. The number of hydrogen-bond acceptors (Lipinski definition) is 4. The molecule has 0 saturated heterocycles. The minimum absolute atomic E-state index is 0.0547. The molecule has 0 radical (unpaired) electrons. The van der Waals surface area contributed by atoms with Gasteiger partial charge in [-0.3, -0.25) is 9.78 Å². The maximum atomic E-state index is 11.9. The van der Waals surface area contributed by atoms with Crippen LogP contribution in [0.3, 0.4) is 0 Å². The average molecular weight is 278 g/mol. The topological polar surface area (TPSA) is 88.5 Å². The second kappa shape index (κ2) is 8.06. The molecule has 1 aromatic rings. The number of aliphatic carboxylic acids is 1. The first-order valence-electron chi connectivity index (χ1n) is 6.23. The standard InChI is InChI=1S/C14H18N2O4/c1-3-11(9-20-2)16-14(19)12-6-4-10(8-15-12)5-7-13(17)18/h4-8,11H,3,9H2,1-2H3,(H,16,19)(H,17,18). The molecule has 0 aromatic carbocycles. The highest BCUT2D eigenvalue weighted by Gasteiger charge is 2.12. The summed E-state index contributed by atoms with van der Waals surface area (Å²) in [4.78, 5) is 26.3. The third-order valence-corrected chi connectivity index (χ3v) is 2.63. The molecule has 6 nitrogen and oxygen atoms in total. The lowest BCUT2D eigenvalue weighted by Crippen LogP contribution is -2.37. The molecule has 20 heavy (non-hydrogen) atoms. The minimum Gasteiger partial charge on any atom is -0.478 e. The number of ether oxygens (including phenoxy) is 1. The lowest BCUT2D eigenvalue weighted by molar-refractivity contribution is -0.131. The summed E-state index contributed by atoms with van der Waals surface area (Å²) in [6, 6.07) is 3.13. The van der Waals surface area contributed by atoms with Crippen LogP contribution < -0.4 is 5.32 Å². The molecule has 0 fully saturated rings. The predicted molar refractivity (Wildman–Crippen MR) is 74.3 cm³/mol. The van der Waals surface area contributed by atoms with E-state index in [1.54, 1.807) is 19.2 Å². The van der Waals surface area contributed by atoms with Gasteiger partial charge in [0.1, 0.15) is 5.69 Å². The van der Waals surface area contributed by atoms with Gasteiger partial charge in [-0.25, -0.2) is 4.79 Å². The molecule has 1 atom stereocenters. The SMILES string of the molecule is CCC(COC)NC(=O)c1ccc(C=CC(=O)O)cn1. The quantitative estimate of drug-likeness (QED) is 0.735. The smallest absolute Gasteiger partial charge is 0.328 e. The van der Waals surface area contributed by atoms with E-state index in [0.29, 0.717) is 12.2 Å². The van der Waals surface area contributed by atoms with Crippen molar-refractivity contribution in [3.63, 3.8) is 0 Å². The van der Waals surface area contributed by atoms with Crippen molar-refractivity contribution in [1.29, 1.82) is 0 Å². The van der Waals surface area contributed by atoms with Crippen LogP contribution in [0.2, 0.25) is 0 Å². The molecule has 1 aromatic heterocycles. The van der Waals surface area contributed by atoms with Crippen LogP contribution in [0.15, 0.2) is 24.4 Å². The van der Waals surface area contributed by atoms with Crippen LogP contribution >= 0.6 is 0 Å². The molecule has 0 saturated carbocycles. The molecule has 1 amide bonds. The molecular formula is C14H18N2O4. The number of hydrogen-bond donors (Lipinski definition) is 2. The van der Waals surface area contributed by atoms with E-state index in [9.17, 15) is 9.59 Å². The van der Waals surface area contributed by atoms with Gasteiger partial charge in [0.25, 0.3) is 5.91 Å². The monoisotopic (exact) mass is 278 g/mol. The van der Waals surface area contributed by atoms with E-state index in [-0.39, 0.29) is 17.6 Å². The normalized spacial score (nSPS) is 12.3. The van der Waals surface area contributed by atoms with Crippen molar-refractivity contribution in [2.75, 3.05) is 13.7 Å². The highest BCUT2D eigenvalue weighted by molar-refractivity contribution is 5.92. The number of amides is 1. The Bertz CT molecular complexity index is 482. The number of rotatable bonds is 7. The molecule has 0 aliphatic carbocycles. The molecule has 0 aliphatic heterocycles. The zero-order chi connectivity index (χ0) is 15.0. The van der Waals surface area contributed by atoms with Crippen LogP contribution in [-0.2, 0) is 9.53 Å². The Kier molecular flexibility index (Phi) is 6.39. The predicted octanol–water partition coefficient (Wildman–Crippen LogP) is 1.33. The largest absolute Gasteiger partial charge is 0.478 e. The molecule has 6 heteroatoms. The third-order valence-electron chi connectivity index (χ3n) is 2.63. The number of carboxylic acid groups (broad SMARTS) is 1. The molecule has 1 rings (SSSR count). The van der Waals surface area contributed by atoms with Crippen LogP contribution in [0.1, 0.15) is 29.4 Å². The summed E-state index contributed by atoms with van der Waals surface area (Å²) < 4.78 is 5.01. The number of nitrogens with zero attached hydrogens (tertiary/aromatic N) is 1.